The molecule has 1 atom stereocenters. The fraction of sp³-hybridized carbons (Fsp3) is 0.312. The number of hydrogen-bond acceptors (Lipinski definition) is 4. The second-order valence-corrected chi connectivity index (χ2v) is 5.41. The third kappa shape index (κ3) is 2.72. The Morgan fingerprint density at radius 1 is 1.36 bits per heavy atom. The van der Waals surface area contributed by atoms with Crippen molar-refractivity contribution >= 4 is 16.9 Å². The number of aryl methyl sites for hydroxylation is 2. The summed E-state index contributed by atoms with van der Waals surface area (Å²) in [6.07, 6.45) is 0.256. The van der Waals surface area contributed by atoms with E-state index in [1.165, 1.54) is 0 Å². The van der Waals surface area contributed by atoms with E-state index in [4.69, 9.17) is 4.52 Å². The third-order valence-corrected chi connectivity index (χ3v) is 3.71. The number of rotatable bonds is 4. The molecule has 2 N–H and O–H groups in total. The fourth-order valence-corrected chi connectivity index (χ4v) is 2.45. The van der Waals surface area contributed by atoms with Crippen LogP contribution in [0.25, 0.3) is 11.0 Å². The number of imidazole rings is 1. The van der Waals surface area contributed by atoms with Crippen LogP contribution in [0.15, 0.2) is 28.8 Å². The summed E-state index contributed by atoms with van der Waals surface area (Å²) in [5.74, 6) is 1.35. The molecule has 22 heavy (non-hydrogen) atoms. The summed E-state index contributed by atoms with van der Waals surface area (Å²) in [6, 6.07) is 7.59. The molecule has 0 radical (unpaired) electrons. The number of para-hydroxylation sites is 2. The quantitative estimate of drug-likeness (QED) is 0.775. The smallest absolute Gasteiger partial charge is 0.225 e. The Labute approximate surface area is 127 Å². The second-order valence-electron chi connectivity index (χ2n) is 5.41. The van der Waals surface area contributed by atoms with Gasteiger partial charge in [-0.3, -0.25) is 4.79 Å². The molecule has 1 aromatic carbocycles. The Balaban J connectivity index is 1.70. The molecule has 2 heterocycles. The topological polar surface area (TPSA) is 83.8 Å². The maximum absolute atomic E-state index is 12.2. The maximum atomic E-state index is 12.2. The number of benzene rings is 1. The van der Waals surface area contributed by atoms with Gasteiger partial charge >= 0.3 is 0 Å². The lowest BCUT2D eigenvalue weighted by atomic mass is 10.1. The summed E-state index contributed by atoms with van der Waals surface area (Å²) >= 11 is 0. The first-order valence-electron chi connectivity index (χ1n) is 7.20. The van der Waals surface area contributed by atoms with Gasteiger partial charge in [-0.25, -0.2) is 4.98 Å². The van der Waals surface area contributed by atoms with E-state index in [2.05, 4.69) is 20.4 Å². The number of aromatic nitrogens is 3. The minimum Gasteiger partial charge on any atom is -0.361 e. The standard InChI is InChI=1S/C16H18N4O2/c1-9-12(11(3)22-20-9)8-15(21)17-10(2)16-18-13-6-4-5-7-14(13)19-16/h4-7,10H,8H2,1-3H3,(H,17,21)(H,18,19). The summed E-state index contributed by atoms with van der Waals surface area (Å²) < 4.78 is 5.08. The van der Waals surface area contributed by atoms with E-state index in [1.807, 2.05) is 45.0 Å². The molecule has 6 nitrogen and oxygen atoms in total. The highest BCUT2D eigenvalue weighted by molar-refractivity contribution is 5.80. The first-order chi connectivity index (χ1) is 10.5. The number of fused-ring (bicyclic) bond motifs is 1. The molecular formula is C16H18N4O2. The monoisotopic (exact) mass is 298 g/mol. The number of carbonyl (C=O) groups excluding carboxylic acids is 1. The van der Waals surface area contributed by atoms with E-state index in [9.17, 15) is 4.79 Å². The zero-order valence-electron chi connectivity index (χ0n) is 12.8. The van der Waals surface area contributed by atoms with Crippen LogP contribution in [0.5, 0.6) is 0 Å². The molecule has 0 fully saturated rings. The van der Waals surface area contributed by atoms with Crippen molar-refractivity contribution in [1.82, 2.24) is 20.4 Å². The number of aromatic amines is 1. The number of nitrogens with one attached hydrogen (secondary N) is 2. The maximum Gasteiger partial charge on any atom is 0.225 e. The predicted octanol–water partition coefficient (Wildman–Crippen LogP) is 2.59. The molecule has 1 unspecified atom stereocenters. The Morgan fingerprint density at radius 2 is 2.14 bits per heavy atom. The second kappa shape index (κ2) is 5.63. The van der Waals surface area contributed by atoms with Crippen molar-refractivity contribution in [2.45, 2.75) is 33.2 Å². The van der Waals surface area contributed by atoms with Crippen LogP contribution in [-0.4, -0.2) is 21.0 Å². The molecule has 1 amide bonds. The van der Waals surface area contributed by atoms with Crippen LogP contribution >= 0.6 is 0 Å². The van der Waals surface area contributed by atoms with Gasteiger partial charge in [-0.15, -0.1) is 0 Å². The number of hydrogen-bond donors (Lipinski definition) is 2. The summed E-state index contributed by atoms with van der Waals surface area (Å²) in [4.78, 5) is 19.9. The molecular weight excluding hydrogens is 280 g/mol. The molecule has 0 bridgehead atoms. The van der Waals surface area contributed by atoms with Crippen LogP contribution < -0.4 is 5.32 Å². The molecule has 0 saturated heterocycles. The van der Waals surface area contributed by atoms with Crippen molar-refractivity contribution in [1.29, 1.82) is 0 Å². The van der Waals surface area contributed by atoms with Gasteiger partial charge in [0.15, 0.2) is 0 Å². The SMILES string of the molecule is Cc1noc(C)c1CC(=O)NC(C)c1nc2ccccc2[nH]1. The fourth-order valence-electron chi connectivity index (χ4n) is 2.45. The van der Waals surface area contributed by atoms with Crippen molar-refractivity contribution in [3.05, 3.63) is 47.1 Å². The zero-order valence-corrected chi connectivity index (χ0v) is 12.8. The molecule has 0 saturated carbocycles. The molecule has 6 heteroatoms. The lowest BCUT2D eigenvalue weighted by Gasteiger charge is -2.11. The van der Waals surface area contributed by atoms with Gasteiger partial charge in [-0.1, -0.05) is 17.3 Å². The lowest BCUT2D eigenvalue weighted by molar-refractivity contribution is -0.121. The first-order valence-corrected chi connectivity index (χ1v) is 7.20. The molecule has 114 valence electrons. The van der Waals surface area contributed by atoms with Crippen LogP contribution in [0, 0.1) is 13.8 Å². The normalized spacial score (nSPS) is 12.5. The van der Waals surface area contributed by atoms with Crippen molar-refractivity contribution in [2.75, 3.05) is 0 Å². The van der Waals surface area contributed by atoms with Gasteiger partial charge in [0, 0.05) is 5.56 Å². The van der Waals surface area contributed by atoms with Crippen LogP contribution in [-0.2, 0) is 11.2 Å². The molecule has 3 aromatic rings. The van der Waals surface area contributed by atoms with E-state index >= 15 is 0 Å². The summed E-state index contributed by atoms with van der Waals surface area (Å²) in [7, 11) is 0. The molecule has 3 rings (SSSR count). The Kier molecular flexibility index (Phi) is 3.66. The van der Waals surface area contributed by atoms with E-state index in [0.29, 0.717) is 5.76 Å². The summed E-state index contributed by atoms with van der Waals surface area (Å²) in [5, 5.41) is 6.81. The Hall–Kier alpha value is -2.63. The largest absolute Gasteiger partial charge is 0.361 e. The number of carbonyl (C=O) groups is 1. The van der Waals surface area contributed by atoms with Crippen LogP contribution in [0.4, 0.5) is 0 Å². The Bertz CT molecular complexity index is 766. The molecule has 0 aliphatic carbocycles. The van der Waals surface area contributed by atoms with E-state index in [-0.39, 0.29) is 18.4 Å². The van der Waals surface area contributed by atoms with Gasteiger partial charge < -0.3 is 14.8 Å². The van der Waals surface area contributed by atoms with Crippen molar-refractivity contribution in [3.63, 3.8) is 0 Å². The highest BCUT2D eigenvalue weighted by Crippen LogP contribution is 2.17. The van der Waals surface area contributed by atoms with Crippen molar-refractivity contribution in [2.24, 2.45) is 0 Å². The number of nitrogens with zero attached hydrogens (tertiary/aromatic N) is 2. The van der Waals surface area contributed by atoms with Crippen molar-refractivity contribution < 1.29 is 9.32 Å². The van der Waals surface area contributed by atoms with Gasteiger partial charge in [-0.05, 0) is 32.9 Å². The zero-order chi connectivity index (χ0) is 15.7. The molecule has 2 aromatic heterocycles. The summed E-state index contributed by atoms with van der Waals surface area (Å²) in [6.45, 7) is 5.55. The van der Waals surface area contributed by atoms with Crippen LogP contribution in [0.3, 0.4) is 0 Å². The predicted molar refractivity (Wildman–Crippen MR) is 82.3 cm³/mol. The van der Waals surface area contributed by atoms with Crippen LogP contribution in [0.2, 0.25) is 0 Å². The van der Waals surface area contributed by atoms with Gasteiger partial charge in [0.2, 0.25) is 5.91 Å². The molecule has 0 aliphatic rings. The van der Waals surface area contributed by atoms with E-state index in [1.54, 1.807) is 0 Å². The molecule has 0 spiro atoms. The minimum atomic E-state index is -0.194. The lowest BCUT2D eigenvalue weighted by Crippen LogP contribution is -2.29. The van der Waals surface area contributed by atoms with Gasteiger partial charge in [0.1, 0.15) is 11.6 Å². The highest BCUT2D eigenvalue weighted by Gasteiger charge is 2.17. The number of amides is 1. The van der Waals surface area contributed by atoms with Gasteiger partial charge in [0.05, 0.1) is 29.2 Å². The van der Waals surface area contributed by atoms with E-state index in [0.717, 1.165) is 28.1 Å². The summed E-state index contributed by atoms with van der Waals surface area (Å²) in [5.41, 5.74) is 3.45. The highest BCUT2D eigenvalue weighted by atomic mass is 16.5. The van der Waals surface area contributed by atoms with Crippen molar-refractivity contribution in [3.8, 4) is 0 Å². The first kappa shape index (κ1) is 14.3. The molecule has 0 aliphatic heterocycles. The average Bonchev–Trinajstić information content (AvgIpc) is 3.05. The van der Waals surface area contributed by atoms with Crippen LogP contribution in [0.1, 0.15) is 35.8 Å². The van der Waals surface area contributed by atoms with Gasteiger partial charge in [-0.2, -0.15) is 0 Å². The van der Waals surface area contributed by atoms with Gasteiger partial charge in [0.25, 0.3) is 0 Å². The average molecular weight is 298 g/mol. The number of H-pyrrole nitrogens is 1. The Morgan fingerprint density at radius 3 is 2.82 bits per heavy atom. The third-order valence-electron chi connectivity index (χ3n) is 3.71. The van der Waals surface area contributed by atoms with E-state index < -0.39 is 0 Å². The minimum absolute atomic E-state index is 0.0812.